The maximum atomic E-state index is 11.8. The first-order valence-corrected chi connectivity index (χ1v) is 6.40. The maximum absolute atomic E-state index is 11.8. The molecule has 1 aromatic heterocycles. The fraction of sp³-hybridized carbons (Fsp3) is 0.167. The van der Waals surface area contributed by atoms with Gasteiger partial charge in [0.05, 0.1) is 17.6 Å². The second-order valence-electron chi connectivity index (χ2n) is 3.66. The van der Waals surface area contributed by atoms with Crippen LogP contribution in [0.25, 0.3) is 0 Å². The van der Waals surface area contributed by atoms with Crippen LogP contribution in [0.5, 0.6) is 0 Å². The molecule has 0 radical (unpaired) electrons. The first kappa shape index (κ1) is 12.1. The Morgan fingerprint density at radius 3 is 3.06 bits per heavy atom. The van der Waals surface area contributed by atoms with E-state index in [4.69, 9.17) is 11.6 Å². The Morgan fingerprint density at radius 2 is 2.35 bits per heavy atom. The minimum Gasteiger partial charge on any atom is -0.325 e. The van der Waals surface area contributed by atoms with Crippen LogP contribution in [-0.4, -0.2) is 10.9 Å². The average molecular weight is 267 g/mol. The lowest BCUT2D eigenvalue weighted by Crippen LogP contribution is -2.15. The summed E-state index contributed by atoms with van der Waals surface area (Å²) in [7, 11) is 0. The topological polar surface area (TPSA) is 42.0 Å². The van der Waals surface area contributed by atoms with Gasteiger partial charge >= 0.3 is 0 Å². The van der Waals surface area contributed by atoms with Crippen LogP contribution in [-0.2, 0) is 11.2 Å². The van der Waals surface area contributed by atoms with E-state index in [9.17, 15) is 4.79 Å². The lowest BCUT2D eigenvalue weighted by molar-refractivity contribution is -0.115. The molecule has 1 aromatic carbocycles. The highest BCUT2D eigenvalue weighted by Crippen LogP contribution is 2.20. The van der Waals surface area contributed by atoms with Gasteiger partial charge in [-0.2, -0.15) is 0 Å². The summed E-state index contributed by atoms with van der Waals surface area (Å²) in [5.74, 6) is -0.0822. The molecule has 0 atom stereocenters. The number of hydrogen-bond donors (Lipinski definition) is 1. The van der Waals surface area contributed by atoms with E-state index in [1.54, 1.807) is 17.6 Å². The van der Waals surface area contributed by atoms with Crippen molar-refractivity contribution in [3.8, 4) is 0 Å². The Morgan fingerprint density at radius 1 is 1.53 bits per heavy atom. The summed E-state index contributed by atoms with van der Waals surface area (Å²) in [6.07, 6.45) is 0.287. The number of carbonyl (C=O) groups excluding carboxylic acids is 1. The molecule has 2 rings (SSSR count). The summed E-state index contributed by atoms with van der Waals surface area (Å²) in [5, 5.41) is 5.31. The van der Waals surface area contributed by atoms with E-state index < -0.39 is 0 Å². The molecule has 0 unspecified atom stereocenters. The molecule has 1 heterocycles. The van der Waals surface area contributed by atoms with Crippen molar-refractivity contribution in [3.05, 3.63) is 45.4 Å². The molecule has 2 aromatic rings. The number of aromatic nitrogens is 1. The SMILES string of the molecule is Cc1ccc(Cl)cc1NC(=O)Cc1cscn1. The molecule has 5 heteroatoms. The third-order valence-corrected chi connectivity index (χ3v) is 3.17. The van der Waals surface area contributed by atoms with Gasteiger partial charge < -0.3 is 5.32 Å². The normalized spacial score (nSPS) is 10.2. The van der Waals surface area contributed by atoms with Crippen molar-refractivity contribution in [1.29, 1.82) is 0 Å². The van der Waals surface area contributed by atoms with Crippen LogP contribution in [0.15, 0.2) is 29.1 Å². The summed E-state index contributed by atoms with van der Waals surface area (Å²) in [6.45, 7) is 1.93. The number of carbonyl (C=O) groups is 1. The number of thiazole rings is 1. The molecule has 0 aliphatic heterocycles. The van der Waals surface area contributed by atoms with E-state index in [-0.39, 0.29) is 12.3 Å². The number of nitrogens with one attached hydrogen (secondary N) is 1. The van der Waals surface area contributed by atoms with Gasteiger partial charge in [0.2, 0.25) is 5.91 Å². The molecular formula is C12H11ClN2OS. The Kier molecular flexibility index (Phi) is 3.76. The molecule has 0 saturated heterocycles. The molecule has 0 aliphatic rings. The van der Waals surface area contributed by atoms with Crippen LogP contribution in [0.2, 0.25) is 5.02 Å². The highest BCUT2D eigenvalue weighted by atomic mass is 35.5. The van der Waals surface area contributed by atoms with Crippen LogP contribution < -0.4 is 5.32 Å². The zero-order valence-corrected chi connectivity index (χ0v) is 10.8. The minimum atomic E-state index is -0.0822. The Hall–Kier alpha value is -1.39. The standard InChI is InChI=1S/C12H11ClN2OS/c1-8-2-3-9(13)4-11(8)15-12(16)5-10-6-17-7-14-10/h2-4,6-7H,5H2,1H3,(H,15,16). The Bertz CT molecular complexity index is 525. The number of rotatable bonds is 3. The monoisotopic (exact) mass is 266 g/mol. The number of nitrogens with zero attached hydrogens (tertiary/aromatic N) is 1. The van der Waals surface area contributed by atoms with Gasteiger partial charge in [-0.3, -0.25) is 4.79 Å². The van der Waals surface area contributed by atoms with Crippen molar-refractivity contribution in [2.75, 3.05) is 5.32 Å². The lowest BCUT2D eigenvalue weighted by atomic mass is 10.2. The molecule has 0 bridgehead atoms. The van der Waals surface area contributed by atoms with Crippen molar-refractivity contribution in [2.24, 2.45) is 0 Å². The van der Waals surface area contributed by atoms with Gasteiger partial charge in [-0.05, 0) is 24.6 Å². The van der Waals surface area contributed by atoms with Crippen molar-refractivity contribution < 1.29 is 4.79 Å². The smallest absolute Gasteiger partial charge is 0.230 e. The summed E-state index contributed by atoms with van der Waals surface area (Å²) >= 11 is 7.36. The Labute approximate surface area is 108 Å². The molecular weight excluding hydrogens is 256 g/mol. The van der Waals surface area contributed by atoms with Gasteiger partial charge in [0.25, 0.3) is 0 Å². The number of amides is 1. The van der Waals surface area contributed by atoms with Gasteiger partial charge in [-0.15, -0.1) is 11.3 Å². The number of hydrogen-bond acceptors (Lipinski definition) is 3. The molecule has 17 heavy (non-hydrogen) atoms. The third kappa shape index (κ3) is 3.28. The van der Waals surface area contributed by atoms with E-state index >= 15 is 0 Å². The van der Waals surface area contributed by atoms with Crippen LogP contribution in [0.1, 0.15) is 11.3 Å². The summed E-state index contributed by atoms with van der Waals surface area (Å²) in [5.41, 5.74) is 4.23. The quantitative estimate of drug-likeness (QED) is 0.926. The second-order valence-corrected chi connectivity index (χ2v) is 4.82. The van der Waals surface area contributed by atoms with Gasteiger partial charge in [0.15, 0.2) is 0 Å². The number of benzene rings is 1. The molecule has 3 nitrogen and oxygen atoms in total. The van der Waals surface area contributed by atoms with Gasteiger partial charge in [0.1, 0.15) is 0 Å². The van der Waals surface area contributed by atoms with E-state index in [1.807, 2.05) is 18.4 Å². The van der Waals surface area contributed by atoms with E-state index in [1.165, 1.54) is 11.3 Å². The van der Waals surface area contributed by atoms with Crippen molar-refractivity contribution in [2.45, 2.75) is 13.3 Å². The van der Waals surface area contributed by atoms with Gasteiger partial charge in [0, 0.05) is 16.1 Å². The first-order chi connectivity index (χ1) is 8.15. The van der Waals surface area contributed by atoms with Gasteiger partial charge in [-0.1, -0.05) is 17.7 Å². The molecule has 0 saturated carbocycles. The molecule has 1 amide bonds. The fourth-order valence-electron chi connectivity index (χ4n) is 1.41. The zero-order valence-electron chi connectivity index (χ0n) is 9.24. The molecule has 0 aliphatic carbocycles. The van der Waals surface area contributed by atoms with Crippen LogP contribution >= 0.6 is 22.9 Å². The number of anilines is 1. The fourth-order valence-corrected chi connectivity index (χ4v) is 2.14. The highest BCUT2D eigenvalue weighted by molar-refractivity contribution is 7.07. The molecule has 88 valence electrons. The second kappa shape index (κ2) is 5.29. The molecule has 1 N–H and O–H groups in total. The largest absolute Gasteiger partial charge is 0.325 e. The van der Waals surface area contributed by atoms with Crippen LogP contribution in [0.4, 0.5) is 5.69 Å². The van der Waals surface area contributed by atoms with Crippen molar-refractivity contribution in [1.82, 2.24) is 4.98 Å². The minimum absolute atomic E-state index is 0.0822. The van der Waals surface area contributed by atoms with E-state index in [2.05, 4.69) is 10.3 Å². The summed E-state index contributed by atoms with van der Waals surface area (Å²) in [6, 6.07) is 5.42. The average Bonchev–Trinajstić information content (AvgIpc) is 2.76. The van der Waals surface area contributed by atoms with E-state index in [0.29, 0.717) is 5.02 Å². The van der Waals surface area contributed by atoms with E-state index in [0.717, 1.165) is 16.9 Å². The molecule has 0 spiro atoms. The first-order valence-electron chi connectivity index (χ1n) is 5.08. The lowest BCUT2D eigenvalue weighted by Gasteiger charge is -2.07. The third-order valence-electron chi connectivity index (χ3n) is 2.30. The predicted molar refractivity (Wildman–Crippen MR) is 70.6 cm³/mol. The summed E-state index contributed by atoms with van der Waals surface area (Å²) < 4.78 is 0. The zero-order chi connectivity index (χ0) is 12.3. The van der Waals surface area contributed by atoms with Crippen LogP contribution in [0, 0.1) is 6.92 Å². The van der Waals surface area contributed by atoms with Crippen LogP contribution in [0.3, 0.4) is 0 Å². The Balaban J connectivity index is 2.05. The summed E-state index contributed by atoms with van der Waals surface area (Å²) in [4.78, 5) is 15.8. The highest BCUT2D eigenvalue weighted by Gasteiger charge is 2.07. The predicted octanol–water partition coefficient (Wildman–Crippen LogP) is 3.29. The molecule has 0 fully saturated rings. The number of aryl methyl sites for hydroxylation is 1. The maximum Gasteiger partial charge on any atom is 0.230 e. The van der Waals surface area contributed by atoms with Crippen molar-refractivity contribution in [3.63, 3.8) is 0 Å². The number of halogens is 1. The van der Waals surface area contributed by atoms with Gasteiger partial charge in [-0.25, -0.2) is 4.98 Å². The van der Waals surface area contributed by atoms with Crippen molar-refractivity contribution >= 4 is 34.5 Å².